The predicted molar refractivity (Wildman–Crippen MR) is 122 cm³/mol. The largest absolute Gasteiger partial charge is 0.435 e. The van der Waals surface area contributed by atoms with Crippen LogP contribution in [0.1, 0.15) is 33.1 Å². The van der Waals surface area contributed by atoms with Crippen LogP contribution in [-0.2, 0) is 23.1 Å². The second-order valence-electron chi connectivity index (χ2n) is 8.58. The number of halogens is 7. The number of aromatic nitrogens is 4. The molecule has 6 rings (SSSR count). The van der Waals surface area contributed by atoms with Crippen LogP contribution in [0.3, 0.4) is 0 Å². The van der Waals surface area contributed by atoms with Crippen LogP contribution in [0.2, 0.25) is 0 Å². The number of nitrogens with zero attached hydrogens (tertiary/aromatic N) is 4. The van der Waals surface area contributed by atoms with Gasteiger partial charge >= 0.3 is 18.4 Å². The first-order valence-electron chi connectivity index (χ1n) is 11.1. The fraction of sp³-hybridized carbons (Fsp3) is 0.115. The number of ketones is 1. The topological polar surface area (TPSA) is 77.9 Å². The molecule has 1 aliphatic heterocycles. The predicted octanol–water partition coefficient (Wildman–Crippen LogP) is 6.62. The highest BCUT2D eigenvalue weighted by Gasteiger charge is 2.60. The molecule has 0 aliphatic carbocycles. The Kier molecular flexibility index (Phi) is 5.24. The Morgan fingerprint density at radius 3 is 1.74 bits per heavy atom. The number of hydrogen-bond donors (Lipinski definition) is 0. The summed E-state index contributed by atoms with van der Waals surface area (Å²) in [4.78, 5) is 27.8. The Morgan fingerprint density at radius 2 is 1.18 bits per heavy atom. The van der Waals surface area contributed by atoms with Crippen molar-refractivity contribution >= 4 is 27.9 Å². The summed E-state index contributed by atoms with van der Waals surface area (Å²) in [5.74, 6) is -0.975. The number of alkyl halides is 7. The van der Waals surface area contributed by atoms with Gasteiger partial charge in [-0.15, -0.1) is 0 Å². The molecule has 6 nitrogen and oxygen atoms in total. The van der Waals surface area contributed by atoms with Crippen molar-refractivity contribution in [3.63, 3.8) is 0 Å². The Labute approximate surface area is 213 Å². The molecule has 0 bridgehead atoms. The van der Waals surface area contributed by atoms with Crippen LogP contribution in [-0.4, -0.2) is 25.7 Å². The van der Waals surface area contributed by atoms with Crippen molar-refractivity contribution in [3.05, 3.63) is 95.1 Å². The first-order valence-corrected chi connectivity index (χ1v) is 11.1. The SMILES string of the molecule is O=C(c1ccccc1)c1nc2cc(-c3ccc4nc5c(nc4c3)C(F)(F)OC5(F)F)ccc2nc1C(F)(F)F. The van der Waals surface area contributed by atoms with Crippen LogP contribution in [0, 0.1) is 0 Å². The highest BCUT2D eigenvalue weighted by molar-refractivity contribution is 6.09. The number of fused-ring (bicyclic) bond motifs is 3. The molecule has 0 radical (unpaired) electrons. The standard InChI is InChI=1S/C26H11F7N4O2/c27-24(28,29)21-19(20(38)12-4-2-1-3-5-12)34-17-10-13(6-8-15(17)35-21)14-7-9-16-18(11-14)37-23-22(36-16)25(30,31)39-26(23,32)33/h1-11H. The van der Waals surface area contributed by atoms with Gasteiger partial charge in [0.15, 0.2) is 17.1 Å². The zero-order valence-corrected chi connectivity index (χ0v) is 19.1. The Morgan fingerprint density at radius 1 is 0.667 bits per heavy atom. The zero-order valence-electron chi connectivity index (χ0n) is 19.1. The fourth-order valence-corrected chi connectivity index (χ4v) is 4.21. The Bertz CT molecular complexity index is 1810. The minimum Gasteiger partial charge on any atom is -0.287 e. The summed E-state index contributed by atoms with van der Waals surface area (Å²) in [6, 6.07) is 15.3. The highest BCUT2D eigenvalue weighted by atomic mass is 19.4. The van der Waals surface area contributed by atoms with Gasteiger partial charge in [0.05, 0.1) is 22.1 Å². The lowest BCUT2D eigenvalue weighted by Gasteiger charge is -2.13. The third-order valence-electron chi connectivity index (χ3n) is 5.99. The van der Waals surface area contributed by atoms with Gasteiger partial charge in [0.1, 0.15) is 5.69 Å². The summed E-state index contributed by atoms with van der Waals surface area (Å²) < 4.78 is 100. The number of carbonyl (C=O) groups is 1. The quantitative estimate of drug-likeness (QED) is 0.188. The number of ether oxygens (including phenoxy) is 1. The minimum absolute atomic E-state index is 0.0141. The van der Waals surface area contributed by atoms with Crippen molar-refractivity contribution in [2.45, 2.75) is 18.4 Å². The summed E-state index contributed by atoms with van der Waals surface area (Å²) >= 11 is 0. The van der Waals surface area contributed by atoms with Crippen LogP contribution in [0.4, 0.5) is 30.7 Å². The minimum atomic E-state index is -4.96. The number of rotatable bonds is 3. The maximum Gasteiger partial charge on any atom is 0.435 e. The van der Waals surface area contributed by atoms with Gasteiger partial charge in [0, 0.05) is 5.56 Å². The molecule has 0 N–H and O–H groups in total. The van der Waals surface area contributed by atoms with E-state index in [0.717, 1.165) is 0 Å². The molecule has 0 fully saturated rings. The lowest BCUT2D eigenvalue weighted by molar-refractivity contribution is -0.371. The summed E-state index contributed by atoms with van der Waals surface area (Å²) in [6.45, 7) is 0. The zero-order chi connectivity index (χ0) is 27.7. The molecular weight excluding hydrogens is 533 g/mol. The van der Waals surface area contributed by atoms with Crippen LogP contribution < -0.4 is 0 Å². The van der Waals surface area contributed by atoms with E-state index in [-0.39, 0.29) is 27.6 Å². The number of hydrogen-bond acceptors (Lipinski definition) is 6. The molecule has 5 aromatic rings. The van der Waals surface area contributed by atoms with Crippen LogP contribution in [0.5, 0.6) is 0 Å². The molecule has 0 unspecified atom stereocenters. The molecule has 2 aromatic heterocycles. The summed E-state index contributed by atoms with van der Waals surface area (Å²) in [6.07, 6.45) is -13.6. The van der Waals surface area contributed by atoms with E-state index in [2.05, 4.69) is 24.7 Å². The van der Waals surface area contributed by atoms with Gasteiger partial charge in [-0.1, -0.05) is 42.5 Å². The van der Waals surface area contributed by atoms with Crippen LogP contribution in [0.25, 0.3) is 33.2 Å². The highest BCUT2D eigenvalue weighted by Crippen LogP contribution is 2.49. The van der Waals surface area contributed by atoms with Gasteiger partial charge in [-0.05, 0) is 35.4 Å². The van der Waals surface area contributed by atoms with Crippen molar-refractivity contribution < 1.29 is 40.3 Å². The van der Waals surface area contributed by atoms with Crippen LogP contribution in [0.15, 0.2) is 66.7 Å². The second-order valence-corrected chi connectivity index (χ2v) is 8.58. The normalized spacial score (nSPS) is 16.0. The van der Waals surface area contributed by atoms with E-state index in [1.165, 1.54) is 60.7 Å². The monoisotopic (exact) mass is 544 g/mol. The van der Waals surface area contributed by atoms with Crippen molar-refractivity contribution in [1.29, 1.82) is 0 Å². The molecule has 0 saturated carbocycles. The summed E-state index contributed by atoms with van der Waals surface area (Å²) in [7, 11) is 0. The van der Waals surface area contributed by atoms with Gasteiger partial charge in [0.25, 0.3) is 0 Å². The van der Waals surface area contributed by atoms with Crippen molar-refractivity contribution in [2.24, 2.45) is 0 Å². The van der Waals surface area contributed by atoms with Crippen molar-refractivity contribution in [1.82, 2.24) is 19.9 Å². The molecule has 13 heteroatoms. The van der Waals surface area contributed by atoms with Crippen molar-refractivity contribution in [3.8, 4) is 11.1 Å². The van der Waals surface area contributed by atoms with Crippen LogP contribution >= 0.6 is 0 Å². The smallest absolute Gasteiger partial charge is 0.287 e. The van der Waals surface area contributed by atoms with Gasteiger partial charge in [-0.25, -0.2) is 24.7 Å². The Balaban J connectivity index is 1.48. The van der Waals surface area contributed by atoms with E-state index in [0.29, 0.717) is 11.1 Å². The lowest BCUT2D eigenvalue weighted by atomic mass is 10.0. The molecule has 0 saturated heterocycles. The molecule has 0 atom stereocenters. The molecule has 196 valence electrons. The first-order chi connectivity index (χ1) is 18.3. The third-order valence-corrected chi connectivity index (χ3v) is 5.99. The van der Waals surface area contributed by atoms with Gasteiger partial charge < -0.3 is 0 Å². The van der Waals surface area contributed by atoms with E-state index < -0.39 is 47.0 Å². The maximum absolute atomic E-state index is 14.0. The average Bonchev–Trinajstić information content (AvgIpc) is 3.08. The number of carbonyl (C=O) groups excluding carboxylic acids is 1. The van der Waals surface area contributed by atoms with E-state index >= 15 is 0 Å². The van der Waals surface area contributed by atoms with E-state index in [4.69, 9.17) is 0 Å². The van der Waals surface area contributed by atoms with Gasteiger partial charge in [-0.2, -0.15) is 30.7 Å². The second kappa shape index (κ2) is 8.24. The molecule has 0 amide bonds. The van der Waals surface area contributed by atoms with Gasteiger partial charge in [-0.3, -0.25) is 4.79 Å². The number of benzene rings is 3. The molecule has 3 aromatic carbocycles. The fourth-order valence-electron chi connectivity index (χ4n) is 4.21. The van der Waals surface area contributed by atoms with E-state index in [9.17, 15) is 35.5 Å². The molecule has 39 heavy (non-hydrogen) atoms. The molecule has 3 heterocycles. The Hall–Kier alpha value is -4.52. The third kappa shape index (κ3) is 4.14. The lowest BCUT2D eigenvalue weighted by Crippen LogP contribution is -2.18. The van der Waals surface area contributed by atoms with Gasteiger partial charge in [0.2, 0.25) is 5.78 Å². The van der Waals surface area contributed by atoms with E-state index in [1.807, 2.05) is 0 Å². The summed E-state index contributed by atoms with van der Waals surface area (Å²) in [5.41, 5.74) is -4.69. The molecule has 1 aliphatic rings. The molecule has 0 spiro atoms. The average molecular weight is 544 g/mol. The summed E-state index contributed by atoms with van der Waals surface area (Å²) in [5, 5.41) is 0. The maximum atomic E-state index is 14.0. The molecular formula is C26H11F7N4O2. The first kappa shape index (κ1) is 24.8. The van der Waals surface area contributed by atoms with E-state index in [1.54, 1.807) is 6.07 Å². The van der Waals surface area contributed by atoms with Crippen molar-refractivity contribution in [2.75, 3.05) is 0 Å².